The molecule has 0 radical (unpaired) electrons. The van der Waals surface area contributed by atoms with Crippen LogP contribution in [0.2, 0.25) is 0 Å². The summed E-state index contributed by atoms with van der Waals surface area (Å²) in [6.07, 6.45) is 5.33. The van der Waals surface area contributed by atoms with Crippen molar-refractivity contribution >= 4 is 23.8 Å². The lowest BCUT2D eigenvalue weighted by Crippen LogP contribution is -2.42. The van der Waals surface area contributed by atoms with E-state index >= 15 is 0 Å². The number of nitrogens with one attached hydrogen (secondary N) is 2. The van der Waals surface area contributed by atoms with Crippen LogP contribution in [0.3, 0.4) is 0 Å². The lowest BCUT2D eigenvalue weighted by molar-refractivity contribution is -0.146. The highest BCUT2D eigenvalue weighted by atomic mass is 16.5. The van der Waals surface area contributed by atoms with Crippen LogP contribution in [0.5, 0.6) is 0 Å². The number of fused-ring (bicyclic) bond motifs is 1. The minimum atomic E-state index is -0.569. The number of amidine groups is 1. The predicted molar refractivity (Wildman–Crippen MR) is 113 cm³/mol. The van der Waals surface area contributed by atoms with Gasteiger partial charge in [-0.2, -0.15) is 0 Å². The first-order valence-corrected chi connectivity index (χ1v) is 9.50. The normalized spacial score (nSPS) is 14.0. The molecular weight excluding hydrogens is 366 g/mol. The molecule has 29 heavy (non-hydrogen) atoms. The molecular formula is C23H25N3O3. The van der Waals surface area contributed by atoms with E-state index in [1.54, 1.807) is 31.2 Å². The molecule has 0 saturated heterocycles. The Morgan fingerprint density at radius 3 is 2.72 bits per heavy atom. The fraction of sp³-hybridized carbons (Fsp3) is 0.261. The third-order valence-electron chi connectivity index (χ3n) is 5.20. The van der Waals surface area contributed by atoms with Gasteiger partial charge in [-0.05, 0) is 54.7 Å². The molecule has 1 aliphatic rings. The van der Waals surface area contributed by atoms with Gasteiger partial charge < -0.3 is 15.8 Å². The summed E-state index contributed by atoms with van der Waals surface area (Å²) >= 11 is 0. The molecule has 6 heteroatoms. The molecule has 0 fully saturated rings. The molecule has 2 aromatic rings. The molecule has 6 nitrogen and oxygen atoms in total. The maximum atomic E-state index is 12.7. The first-order valence-electron chi connectivity index (χ1n) is 9.50. The second kappa shape index (κ2) is 8.73. The third-order valence-corrected chi connectivity index (χ3v) is 5.20. The van der Waals surface area contributed by atoms with Crippen molar-refractivity contribution < 1.29 is 14.3 Å². The fourth-order valence-electron chi connectivity index (χ4n) is 3.52. The van der Waals surface area contributed by atoms with Crippen LogP contribution in [-0.4, -0.2) is 30.9 Å². The second-order valence-corrected chi connectivity index (χ2v) is 7.23. The molecule has 150 valence electrons. The van der Waals surface area contributed by atoms with Crippen LogP contribution >= 0.6 is 0 Å². The van der Waals surface area contributed by atoms with E-state index in [4.69, 9.17) is 15.9 Å². The van der Waals surface area contributed by atoms with E-state index in [1.165, 1.54) is 12.7 Å². The number of allylic oxidation sites excluding steroid dienone is 1. The number of nitrogens with two attached hydrogens (primary N) is 1. The zero-order valence-corrected chi connectivity index (χ0v) is 16.6. The number of ether oxygens (including phenoxy) is 1. The van der Waals surface area contributed by atoms with Gasteiger partial charge in [-0.15, -0.1) is 0 Å². The maximum Gasteiger partial charge on any atom is 0.311 e. The van der Waals surface area contributed by atoms with Crippen molar-refractivity contribution in [1.82, 2.24) is 5.32 Å². The number of hydrogen-bond acceptors (Lipinski definition) is 4. The molecule has 0 aromatic heterocycles. The molecule has 0 heterocycles. The average molecular weight is 391 g/mol. The summed E-state index contributed by atoms with van der Waals surface area (Å²) in [5.74, 6) is -1.23. The summed E-state index contributed by atoms with van der Waals surface area (Å²) < 4.78 is 4.96. The van der Waals surface area contributed by atoms with E-state index < -0.39 is 17.9 Å². The molecule has 0 spiro atoms. The molecule has 0 bridgehead atoms. The summed E-state index contributed by atoms with van der Waals surface area (Å²) in [6, 6.07) is 12.4. The number of methoxy groups -OCH3 is 1. The van der Waals surface area contributed by atoms with Crippen LogP contribution in [0.25, 0.3) is 6.08 Å². The molecule has 3 rings (SSSR count). The van der Waals surface area contributed by atoms with Gasteiger partial charge in [0.25, 0.3) is 5.91 Å². The van der Waals surface area contributed by atoms with Gasteiger partial charge >= 0.3 is 5.97 Å². The number of hydrogen-bond donors (Lipinski definition) is 3. The molecule has 1 aliphatic carbocycles. The number of amides is 1. The molecule has 2 unspecified atom stereocenters. The Bertz CT molecular complexity index is 981. The highest BCUT2D eigenvalue weighted by molar-refractivity contribution is 5.96. The highest BCUT2D eigenvalue weighted by Crippen LogP contribution is 2.21. The minimum Gasteiger partial charge on any atom is -0.469 e. The Balaban J connectivity index is 1.75. The van der Waals surface area contributed by atoms with Crippen LogP contribution in [0, 0.1) is 11.3 Å². The van der Waals surface area contributed by atoms with Crippen molar-refractivity contribution in [3.05, 3.63) is 76.4 Å². The first-order chi connectivity index (χ1) is 13.9. The third kappa shape index (κ3) is 4.71. The quantitative estimate of drug-likeness (QED) is 0.383. The Morgan fingerprint density at radius 2 is 2.00 bits per heavy atom. The number of nitrogen functional groups attached to an aromatic ring is 1. The number of esters is 1. The zero-order valence-electron chi connectivity index (χ0n) is 16.6. The standard InChI is InChI=1S/C23H25N3O3/c1-14(26-22(27)19-10-9-16-6-4-7-17(16)13-19)20(23(28)29-2)12-15-5-3-8-18(11-15)21(24)25/h3-5,7-11,13-14,20H,6,12H2,1-2H3,(H3,24,25)(H,26,27). The molecule has 2 atom stereocenters. The largest absolute Gasteiger partial charge is 0.469 e. The summed E-state index contributed by atoms with van der Waals surface area (Å²) in [5.41, 5.74) is 9.81. The molecule has 4 N–H and O–H groups in total. The van der Waals surface area contributed by atoms with Crippen LogP contribution in [0.15, 0.2) is 48.5 Å². The molecule has 1 amide bonds. The number of benzene rings is 2. The molecule has 2 aromatic carbocycles. The summed E-state index contributed by atoms with van der Waals surface area (Å²) in [6.45, 7) is 1.79. The van der Waals surface area contributed by atoms with E-state index in [9.17, 15) is 9.59 Å². The van der Waals surface area contributed by atoms with Crippen molar-refractivity contribution in [2.24, 2.45) is 11.7 Å². The van der Waals surface area contributed by atoms with Gasteiger partial charge in [0.15, 0.2) is 0 Å². The Labute approximate surface area is 170 Å². The smallest absolute Gasteiger partial charge is 0.311 e. The van der Waals surface area contributed by atoms with Gasteiger partial charge in [-0.25, -0.2) is 0 Å². The van der Waals surface area contributed by atoms with Gasteiger partial charge in [-0.1, -0.05) is 36.4 Å². The van der Waals surface area contributed by atoms with E-state index in [1.807, 2.05) is 24.3 Å². The van der Waals surface area contributed by atoms with Crippen molar-refractivity contribution in [2.75, 3.05) is 7.11 Å². The molecule has 0 saturated carbocycles. The van der Waals surface area contributed by atoms with Crippen LogP contribution in [-0.2, 0) is 22.4 Å². The predicted octanol–water partition coefficient (Wildman–Crippen LogP) is 2.69. The minimum absolute atomic E-state index is 0.0338. The average Bonchev–Trinajstić information content (AvgIpc) is 3.19. The maximum absolute atomic E-state index is 12.7. The Kier molecular flexibility index (Phi) is 6.12. The SMILES string of the molecule is COC(=O)C(Cc1cccc(C(=N)N)c1)C(C)NC(=O)c1ccc2c(c1)C=CC2. The number of carbonyl (C=O) groups is 2. The van der Waals surface area contributed by atoms with E-state index in [-0.39, 0.29) is 11.7 Å². The van der Waals surface area contributed by atoms with Gasteiger partial charge in [0.1, 0.15) is 5.84 Å². The lowest BCUT2D eigenvalue weighted by Gasteiger charge is -2.23. The Morgan fingerprint density at radius 1 is 1.21 bits per heavy atom. The van der Waals surface area contributed by atoms with Gasteiger partial charge in [0, 0.05) is 17.2 Å². The summed E-state index contributed by atoms with van der Waals surface area (Å²) in [7, 11) is 1.34. The molecule has 0 aliphatic heterocycles. The highest BCUT2D eigenvalue weighted by Gasteiger charge is 2.28. The number of carbonyl (C=O) groups excluding carboxylic acids is 2. The Hall–Kier alpha value is -3.41. The van der Waals surface area contributed by atoms with Gasteiger partial charge in [0.05, 0.1) is 13.0 Å². The summed E-state index contributed by atoms with van der Waals surface area (Å²) in [5, 5.41) is 10.5. The van der Waals surface area contributed by atoms with Crippen LogP contribution in [0.4, 0.5) is 0 Å². The van der Waals surface area contributed by atoms with E-state index in [0.29, 0.717) is 17.5 Å². The first kappa shape index (κ1) is 20.3. The number of rotatable bonds is 7. The van der Waals surface area contributed by atoms with E-state index in [2.05, 4.69) is 11.4 Å². The lowest BCUT2D eigenvalue weighted by atomic mass is 9.92. The van der Waals surface area contributed by atoms with Crippen LogP contribution in [0.1, 0.15) is 39.5 Å². The van der Waals surface area contributed by atoms with Gasteiger partial charge in [-0.3, -0.25) is 15.0 Å². The summed E-state index contributed by atoms with van der Waals surface area (Å²) in [4.78, 5) is 25.1. The van der Waals surface area contributed by atoms with Crippen molar-refractivity contribution in [1.29, 1.82) is 5.41 Å². The van der Waals surface area contributed by atoms with E-state index in [0.717, 1.165) is 17.5 Å². The van der Waals surface area contributed by atoms with Crippen molar-refractivity contribution in [3.63, 3.8) is 0 Å². The van der Waals surface area contributed by atoms with Crippen LogP contribution < -0.4 is 11.1 Å². The zero-order chi connectivity index (χ0) is 21.0. The van der Waals surface area contributed by atoms with Crippen molar-refractivity contribution in [3.8, 4) is 0 Å². The fourth-order valence-corrected chi connectivity index (χ4v) is 3.52. The second-order valence-electron chi connectivity index (χ2n) is 7.23. The van der Waals surface area contributed by atoms with Crippen molar-refractivity contribution in [2.45, 2.75) is 25.8 Å². The van der Waals surface area contributed by atoms with Gasteiger partial charge in [0.2, 0.25) is 0 Å². The monoisotopic (exact) mass is 391 g/mol. The topological polar surface area (TPSA) is 105 Å².